The van der Waals surface area contributed by atoms with E-state index in [1.807, 2.05) is 30.3 Å². The van der Waals surface area contributed by atoms with Crippen LogP contribution in [-0.2, 0) is 21.0 Å². The number of nitrogens with one attached hydrogen (secondary N) is 2. The lowest BCUT2D eigenvalue weighted by Gasteiger charge is -2.35. The number of nitrogens with zero attached hydrogens (tertiary/aromatic N) is 1. The molecule has 1 aliphatic heterocycles. The number of Topliss-reactive ketones (excluding diaryl/α,β-unsaturated/α-hetero) is 1. The maximum absolute atomic E-state index is 13.1. The van der Waals surface area contributed by atoms with Gasteiger partial charge in [-0.1, -0.05) is 62.9 Å². The molecule has 0 spiro atoms. The number of amides is 2. The summed E-state index contributed by atoms with van der Waals surface area (Å²) in [4.78, 5) is 43.5. The molecule has 1 fully saturated rings. The smallest absolute Gasteiger partial charge is 0.408 e. The Balaban J connectivity index is 1.94. The summed E-state index contributed by atoms with van der Waals surface area (Å²) in [5, 5.41) is 12.5. The van der Waals surface area contributed by atoms with Crippen LogP contribution >= 0.6 is 0 Å². The first-order valence-electron chi connectivity index (χ1n) is 10.7. The van der Waals surface area contributed by atoms with Crippen LogP contribution in [0.15, 0.2) is 30.3 Å². The monoisotopic (exact) mass is 419 g/mol. The first-order valence-corrected chi connectivity index (χ1v) is 10.7. The van der Waals surface area contributed by atoms with Gasteiger partial charge in [0.15, 0.2) is 5.78 Å². The van der Waals surface area contributed by atoms with Crippen LogP contribution in [0, 0.1) is 5.92 Å². The number of benzene rings is 1. The zero-order chi connectivity index (χ0) is 21.8. The molecule has 0 aromatic heterocycles. The van der Waals surface area contributed by atoms with Crippen LogP contribution in [0.2, 0.25) is 0 Å². The lowest BCUT2D eigenvalue weighted by molar-refractivity contribution is -0.139. The number of hydrogen-bond acceptors (Lipinski definition) is 5. The molecule has 1 aromatic rings. The molecule has 0 bridgehead atoms. The van der Waals surface area contributed by atoms with Crippen molar-refractivity contribution in [1.29, 1.82) is 0 Å². The van der Waals surface area contributed by atoms with Crippen LogP contribution < -0.4 is 10.8 Å². The lowest BCUT2D eigenvalue weighted by Crippen LogP contribution is -2.58. The second-order valence-corrected chi connectivity index (χ2v) is 7.65. The molecule has 0 unspecified atom stereocenters. The zero-order valence-corrected chi connectivity index (χ0v) is 17.6. The van der Waals surface area contributed by atoms with Gasteiger partial charge in [-0.15, -0.1) is 0 Å². The topological polar surface area (TPSA) is 108 Å². The van der Waals surface area contributed by atoms with Gasteiger partial charge in [-0.05, 0) is 12.0 Å². The molecule has 30 heavy (non-hydrogen) atoms. The van der Waals surface area contributed by atoms with E-state index in [0.29, 0.717) is 13.0 Å². The summed E-state index contributed by atoms with van der Waals surface area (Å²) < 4.78 is 0. The average molecular weight is 420 g/mol. The third-order valence-electron chi connectivity index (χ3n) is 5.33. The van der Waals surface area contributed by atoms with E-state index in [1.54, 1.807) is 0 Å². The highest BCUT2D eigenvalue weighted by molar-refractivity contribution is 5.92. The van der Waals surface area contributed by atoms with Crippen LogP contribution in [0.5, 0.6) is 0 Å². The summed E-state index contributed by atoms with van der Waals surface area (Å²) in [6, 6.07) is 8.70. The Kier molecular flexibility index (Phi) is 10.3. The molecule has 2 amide bonds. The summed E-state index contributed by atoms with van der Waals surface area (Å²) in [6.07, 6.45) is 3.41. The quantitative estimate of drug-likeness (QED) is 0.355. The van der Waals surface area contributed by atoms with Crippen LogP contribution in [0.25, 0.3) is 0 Å². The minimum atomic E-state index is -1.10. The van der Waals surface area contributed by atoms with Crippen molar-refractivity contribution in [1.82, 2.24) is 15.7 Å². The molecule has 8 nitrogen and oxygen atoms in total. The van der Waals surface area contributed by atoms with E-state index in [1.165, 1.54) is 4.90 Å². The van der Waals surface area contributed by atoms with Gasteiger partial charge < -0.3 is 10.4 Å². The molecule has 1 saturated heterocycles. The second-order valence-electron chi connectivity index (χ2n) is 7.65. The highest BCUT2D eigenvalue weighted by Gasteiger charge is 2.36. The van der Waals surface area contributed by atoms with Gasteiger partial charge >= 0.3 is 6.09 Å². The van der Waals surface area contributed by atoms with Crippen LogP contribution in [0.3, 0.4) is 0 Å². The molecule has 1 aromatic carbocycles. The molecule has 1 heterocycles. The van der Waals surface area contributed by atoms with Crippen molar-refractivity contribution in [2.24, 2.45) is 5.92 Å². The van der Waals surface area contributed by atoms with Gasteiger partial charge in [-0.2, -0.15) is 0 Å². The standard InChI is InChI=1S/C22H33N3O5/c1-2-3-4-8-11-18(21(27)19-15-23-12-13-25(19)22(28)29)14-20(26)24-30-16-17-9-6-5-7-10-17/h5-7,9-10,18-19,23H,2-4,8,11-16H2,1H3,(H,24,26)(H,28,29)/t18-,19+/m1/s1. The molecular formula is C22H33N3O5. The molecule has 0 saturated carbocycles. The summed E-state index contributed by atoms with van der Waals surface area (Å²) >= 11 is 0. The SMILES string of the molecule is CCCCCC[C@H](CC(=O)NOCc1ccccc1)C(=O)[C@@H]1CNCCN1C(=O)O. The van der Waals surface area contributed by atoms with E-state index in [2.05, 4.69) is 17.7 Å². The predicted molar refractivity (Wildman–Crippen MR) is 113 cm³/mol. The van der Waals surface area contributed by atoms with E-state index in [4.69, 9.17) is 4.84 Å². The number of unbranched alkanes of at least 4 members (excludes halogenated alkanes) is 3. The molecule has 0 radical (unpaired) electrons. The zero-order valence-electron chi connectivity index (χ0n) is 17.6. The molecular weight excluding hydrogens is 386 g/mol. The molecule has 1 aliphatic rings. The third-order valence-corrected chi connectivity index (χ3v) is 5.33. The molecule has 0 aliphatic carbocycles. The van der Waals surface area contributed by atoms with Crippen molar-refractivity contribution in [2.45, 2.75) is 58.1 Å². The Morgan fingerprint density at radius 1 is 1.23 bits per heavy atom. The van der Waals surface area contributed by atoms with Gasteiger partial charge in [0.05, 0.1) is 6.61 Å². The van der Waals surface area contributed by atoms with Crippen molar-refractivity contribution in [3.8, 4) is 0 Å². The summed E-state index contributed by atoms with van der Waals surface area (Å²) in [6.45, 7) is 3.41. The van der Waals surface area contributed by atoms with Crippen LogP contribution in [0.1, 0.15) is 51.0 Å². The number of carbonyl (C=O) groups is 3. The van der Waals surface area contributed by atoms with Crippen LogP contribution in [-0.4, -0.2) is 53.5 Å². The highest BCUT2D eigenvalue weighted by atomic mass is 16.6. The van der Waals surface area contributed by atoms with E-state index in [-0.39, 0.29) is 37.8 Å². The highest BCUT2D eigenvalue weighted by Crippen LogP contribution is 2.20. The van der Waals surface area contributed by atoms with E-state index in [0.717, 1.165) is 31.2 Å². The molecule has 8 heteroatoms. The molecule has 2 rings (SSSR count). The normalized spacial score (nSPS) is 17.4. The maximum atomic E-state index is 13.1. The number of rotatable bonds is 12. The number of piperazine rings is 1. The van der Waals surface area contributed by atoms with Crippen LogP contribution in [0.4, 0.5) is 4.79 Å². The summed E-state index contributed by atoms with van der Waals surface area (Å²) in [5.41, 5.74) is 3.34. The van der Waals surface area contributed by atoms with Crippen molar-refractivity contribution >= 4 is 17.8 Å². The number of carbonyl (C=O) groups excluding carboxylic acids is 2. The van der Waals surface area contributed by atoms with Crippen molar-refractivity contribution in [3.05, 3.63) is 35.9 Å². The van der Waals surface area contributed by atoms with Gasteiger partial charge in [0.25, 0.3) is 0 Å². The number of carboxylic acid groups (broad SMARTS) is 1. The fourth-order valence-electron chi connectivity index (χ4n) is 3.66. The number of hydrogen-bond donors (Lipinski definition) is 3. The Hall–Kier alpha value is -2.45. The fourth-order valence-corrected chi connectivity index (χ4v) is 3.66. The Morgan fingerprint density at radius 3 is 2.70 bits per heavy atom. The second kappa shape index (κ2) is 13.0. The predicted octanol–water partition coefficient (Wildman–Crippen LogP) is 2.73. The summed E-state index contributed by atoms with van der Waals surface area (Å²) in [7, 11) is 0. The van der Waals surface area contributed by atoms with E-state index >= 15 is 0 Å². The Labute approximate surface area is 177 Å². The Morgan fingerprint density at radius 2 is 2.00 bits per heavy atom. The number of hydroxylamine groups is 1. The van der Waals surface area contributed by atoms with Gasteiger partial charge in [-0.25, -0.2) is 10.3 Å². The van der Waals surface area contributed by atoms with E-state index < -0.39 is 18.1 Å². The van der Waals surface area contributed by atoms with Gasteiger partial charge in [-0.3, -0.25) is 19.3 Å². The van der Waals surface area contributed by atoms with E-state index in [9.17, 15) is 19.5 Å². The van der Waals surface area contributed by atoms with Gasteiger partial charge in [0, 0.05) is 32.0 Å². The lowest BCUT2D eigenvalue weighted by atomic mass is 9.88. The minimum Gasteiger partial charge on any atom is -0.465 e. The average Bonchev–Trinajstić information content (AvgIpc) is 2.76. The molecule has 2 atom stereocenters. The molecule has 166 valence electrons. The van der Waals surface area contributed by atoms with Crippen molar-refractivity contribution < 1.29 is 24.3 Å². The van der Waals surface area contributed by atoms with Crippen molar-refractivity contribution in [2.75, 3.05) is 19.6 Å². The van der Waals surface area contributed by atoms with Gasteiger partial charge in [0.2, 0.25) is 5.91 Å². The Bertz CT molecular complexity index is 683. The first kappa shape index (κ1) is 23.8. The minimum absolute atomic E-state index is 0.0102. The largest absolute Gasteiger partial charge is 0.465 e. The molecule has 3 N–H and O–H groups in total. The van der Waals surface area contributed by atoms with Gasteiger partial charge in [0.1, 0.15) is 6.04 Å². The number of ketones is 1. The van der Waals surface area contributed by atoms with Crippen molar-refractivity contribution in [3.63, 3.8) is 0 Å². The first-order chi connectivity index (χ1) is 14.5. The third kappa shape index (κ3) is 7.76. The summed E-state index contributed by atoms with van der Waals surface area (Å²) in [5.74, 6) is -1.10. The fraction of sp³-hybridized carbons (Fsp3) is 0.591. The maximum Gasteiger partial charge on any atom is 0.408 e.